The first-order valence-corrected chi connectivity index (χ1v) is 11.7. The van der Waals surface area contributed by atoms with Crippen LogP contribution < -0.4 is 14.2 Å². The van der Waals surface area contributed by atoms with Gasteiger partial charge in [-0.05, 0) is 43.3 Å². The monoisotopic (exact) mass is 442 g/mol. The van der Waals surface area contributed by atoms with Crippen LogP contribution in [0.3, 0.4) is 0 Å². The van der Waals surface area contributed by atoms with Crippen LogP contribution in [0.5, 0.6) is 5.75 Å². The Morgan fingerprint density at radius 3 is 2.66 bits per heavy atom. The minimum absolute atomic E-state index is 0.0617. The Balaban J connectivity index is 1.62. The van der Waals surface area contributed by atoms with E-state index < -0.39 is 31.6 Å². The Hall–Kier alpha value is -2.70. The third kappa shape index (κ3) is 5.22. The minimum Gasteiger partial charge on any atom is -0.491 e. The van der Waals surface area contributed by atoms with E-state index in [-0.39, 0.29) is 23.8 Å². The minimum atomic E-state index is -4.08. The Kier molecular flexibility index (Phi) is 6.05. The molecule has 2 heterocycles. The van der Waals surface area contributed by atoms with Gasteiger partial charge in [0.05, 0.1) is 28.5 Å². The molecule has 0 spiro atoms. The Morgan fingerprint density at radius 2 is 1.93 bits per heavy atom. The Morgan fingerprint density at radius 1 is 1.14 bits per heavy atom. The van der Waals surface area contributed by atoms with Gasteiger partial charge in [-0.15, -0.1) is 0 Å². The quantitative estimate of drug-likeness (QED) is 0.520. The first-order valence-electron chi connectivity index (χ1n) is 8.56. The van der Waals surface area contributed by atoms with E-state index in [9.17, 15) is 21.2 Å². The first-order chi connectivity index (χ1) is 13.7. The molecule has 0 saturated heterocycles. The first kappa shape index (κ1) is 21.0. The van der Waals surface area contributed by atoms with Crippen molar-refractivity contribution in [2.24, 2.45) is 0 Å². The maximum Gasteiger partial charge on any atom is 0.240 e. The largest absolute Gasteiger partial charge is 0.491 e. The molecule has 0 radical (unpaired) electrons. The van der Waals surface area contributed by atoms with Gasteiger partial charge in [-0.1, -0.05) is 0 Å². The number of hydrogen-bond donors (Lipinski definition) is 2. The summed E-state index contributed by atoms with van der Waals surface area (Å²) in [7, 11) is -7.89. The summed E-state index contributed by atoms with van der Waals surface area (Å²) < 4.78 is 74.0. The summed E-state index contributed by atoms with van der Waals surface area (Å²) in [6.45, 7) is 1.52. The van der Waals surface area contributed by atoms with E-state index in [1.54, 1.807) is 36.0 Å². The molecule has 3 aromatic rings. The molecule has 0 aliphatic carbocycles. The molecule has 1 aromatic carbocycles. The van der Waals surface area contributed by atoms with Crippen molar-refractivity contribution in [2.45, 2.75) is 11.8 Å². The van der Waals surface area contributed by atoms with E-state index in [1.807, 2.05) is 0 Å². The fraction of sp³-hybridized carbons (Fsp3) is 0.235. The van der Waals surface area contributed by atoms with Crippen LogP contribution in [0, 0.1) is 5.82 Å². The summed E-state index contributed by atoms with van der Waals surface area (Å²) >= 11 is 0. The van der Waals surface area contributed by atoms with Crippen LogP contribution in [0.25, 0.3) is 5.52 Å². The van der Waals surface area contributed by atoms with Gasteiger partial charge in [-0.25, -0.2) is 30.5 Å². The van der Waals surface area contributed by atoms with E-state index >= 15 is 0 Å². The van der Waals surface area contributed by atoms with Gasteiger partial charge in [0, 0.05) is 18.9 Å². The van der Waals surface area contributed by atoms with Crippen molar-refractivity contribution in [2.75, 3.05) is 23.6 Å². The molecule has 0 saturated carbocycles. The summed E-state index contributed by atoms with van der Waals surface area (Å²) in [5, 5.41) is 4.01. The molecule has 0 aliphatic heterocycles. The van der Waals surface area contributed by atoms with Gasteiger partial charge in [0.1, 0.15) is 0 Å². The predicted molar refractivity (Wildman–Crippen MR) is 105 cm³/mol. The molecule has 0 atom stereocenters. The van der Waals surface area contributed by atoms with Crippen molar-refractivity contribution in [3.05, 3.63) is 54.6 Å². The number of anilines is 1. The molecular weight excluding hydrogens is 423 g/mol. The lowest BCUT2D eigenvalue weighted by molar-refractivity contribution is 0.321. The molecule has 9 nitrogen and oxygen atoms in total. The zero-order valence-electron chi connectivity index (χ0n) is 15.4. The van der Waals surface area contributed by atoms with Crippen LogP contribution in [0.1, 0.15) is 6.92 Å². The molecule has 0 bridgehead atoms. The fourth-order valence-corrected chi connectivity index (χ4v) is 4.66. The molecule has 2 N–H and O–H groups in total. The number of nitrogens with one attached hydrogen (secondary N) is 2. The molecular formula is C17H19FN4O5S2. The maximum atomic E-state index is 13.9. The highest BCUT2D eigenvalue weighted by Crippen LogP contribution is 2.21. The van der Waals surface area contributed by atoms with Crippen molar-refractivity contribution in [3.8, 4) is 5.75 Å². The highest BCUT2D eigenvalue weighted by atomic mass is 32.2. The van der Waals surface area contributed by atoms with Gasteiger partial charge in [0.2, 0.25) is 20.0 Å². The van der Waals surface area contributed by atoms with E-state index in [0.717, 1.165) is 6.07 Å². The number of sulfonamides is 2. The topological polar surface area (TPSA) is 119 Å². The summed E-state index contributed by atoms with van der Waals surface area (Å²) in [4.78, 5) is -0.324. The molecule has 2 aromatic heterocycles. The number of rotatable bonds is 9. The number of halogens is 1. The van der Waals surface area contributed by atoms with Crippen LogP contribution in [0.4, 0.5) is 10.1 Å². The lowest BCUT2D eigenvalue weighted by atomic mass is 10.3. The molecule has 0 fully saturated rings. The van der Waals surface area contributed by atoms with Crippen LogP contribution in [0.15, 0.2) is 53.7 Å². The molecule has 29 heavy (non-hydrogen) atoms. The summed E-state index contributed by atoms with van der Waals surface area (Å²) in [6.07, 6.45) is 3.17. The third-order valence-electron chi connectivity index (χ3n) is 3.85. The normalized spacial score (nSPS) is 12.2. The number of hydrogen-bond acceptors (Lipinski definition) is 6. The molecule has 3 rings (SSSR count). The van der Waals surface area contributed by atoms with Crippen LogP contribution >= 0.6 is 0 Å². The number of nitrogens with zero attached hydrogens (tertiary/aromatic N) is 2. The Labute approximate surface area is 167 Å². The average Bonchev–Trinajstić information content (AvgIpc) is 3.10. The highest BCUT2D eigenvalue weighted by molar-refractivity contribution is 7.92. The van der Waals surface area contributed by atoms with Crippen molar-refractivity contribution in [1.82, 2.24) is 14.3 Å². The maximum absolute atomic E-state index is 13.9. The van der Waals surface area contributed by atoms with Gasteiger partial charge < -0.3 is 4.74 Å². The standard InChI is InChI=1S/C17H19FN4O5S2/c1-2-27-17-4-3-15(12-16(17)18)29(25,26)20-8-10-28(23,24)21-13-6-9-22-14(11-13)5-7-19-22/h3-7,9,11-12,20-21H,2,8,10H2,1H3. The van der Waals surface area contributed by atoms with E-state index in [2.05, 4.69) is 14.5 Å². The fourth-order valence-electron chi connectivity index (χ4n) is 2.53. The lowest BCUT2D eigenvalue weighted by Gasteiger charge is -2.11. The number of fused-ring (bicyclic) bond motifs is 1. The smallest absolute Gasteiger partial charge is 0.240 e. The molecule has 156 valence electrons. The highest BCUT2D eigenvalue weighted by Gasteiger charge is 2.18. The van der Waals surface area contributed by atoms with E-state index in [0.29, 0.717) is 11.2 Å². The van der Waals surface area contributed by atoms with Gasteiger partial charge in [0.25, 0.3) is 0 Å². The van der Waals surface area contributed by atoms with Crippen molar-refractivity contribution in [1.29, 1.82) is 0 Å². The van der Waals surface area contributed by atoms with Crippen molar-refractivity contribution in [3.63, 3.8) is 0 Å². The second-order valence-electron chi connectivity index (χ2n) is 5.96. The summed E-state index contributed by atoms with van der Waals surface area (Å²) in [5.74, 6) is -1.39. The molecule has 0 aliphatic rings. The van der Waals surface area contributed by atoms with Crippen molar-refractivity contribution < 1.29 is 26.0 Å². The zero-order valence-corrected chi connectivity index (χ0v) is 17.0. The second-order valence-corrected chi connectivity index (χ2v) is 9.57. The van der Waals surface area contributed by atoms with E-state index in [4.69, 9.17) is 4.74 Å². The van der Waals surface area contributed by atoms with E-state index in [1.165, 1.54) is 18.2 Å². The number of benzene rings is 1. The van der Waals surface area contributed by atoms with Crippen LogP contribution in [-0.4, -0.2) is 45.4 Å². The number of pyridine rings is 1. The third-order valence-corrected chi connectivity index (χ3v) is 6.60. The molecule has 12 heteroatoms. The van der Waals surface area contributed by atoms with Crippen LogP contribution in [-0.2, 0) is 20.0 Å². The van der Waals surface area contributed by atoms with Gasteiger partial charge >= 0.3 is 0 Å². The SMILES string of the molecule is CCOc1ccc(S(=O)(=O)NCCS(=O)(=O)Nc2ccn3nccc3c2)cc1F. The number of ether oxygens (including phenoxy) is 1. The Bertz CT molecular complexity index is 1230. The lowest BCUT2D eigenvalue weighted by Crippen LogP contribution is -2.31. The summed E-state index contributed by atoms with van der Waals surface area (Å²) in [6, 6.07) is 8.05. The predicted octanol–water partition coefficient (Wildman–Crippen LogP) is 1.59. The number of aromatic nitrogens is 2. The average molecular weight is 442 g/mol. The molecule has 0 amide bonds. The van der Waals surface area contributed by atoms with Gasteiger partial charge in [0.15, 0.2) is 11.6 Å². The van der Waals surface area contributed by atoms with Gasteiger partial charge in [-0.3, -0.25) is 4.72 Å². The van der Waals surface area contributed by atoms with Gasteiger partial charge in [-0.2, -0.15) is 5.10 Å². The van der Waals surface area contributed by atoms with Crippen molar-refractivity contribution >= 4 is 31.3 Å². The second kappa shape index (κ2) is 8.35. The molecule has 0 unspecified atom stereocenters. The summed E-state index contributed by atoms with van der Waals surface area (Å²) in [5.41, 5.74) is 1.03. The van der Waals surface area contributed by atoms with Crippen LogP contribution in [0.2, 0.25) is 0 Å². The zero-order chi connectivity index (χ0) is 21.1.